The summed E-state index contributed by atoms with van der Waals surface area (Å²) in [6, 6.07) is 41.5. The highest BCUT2D eigenvalue weighted by Gasteiger charge is 2.14. The molecule has 0 aliphatic carbocycles. The van der Waals surface area contributed by atoms with E-state index in [9.17, 15) is 0 Å². The first kappa shape index (κ1) is 25.1. The van der Waals surface area contributed by atoms with E-state index < -0.39 is 0 Å². The lowest BCUT2D eigenvalue weighted by atomic mass is 10.0. The molecule has 0 fully saturated rings. The van der Waals surface area contributed by atoms with Gasteiger partial charge in [-0.2, -0.15) is 0 Å². The summed E-state index contributed by atoms with van der Waals surface area (Å²) < 4.78 is 13.7. The summed E-state index contributed by atoms with van der Waals surface area (Å²) in [6.07, 6.45) is 0. The molecule has 7 aromatic rings. The Morgan fingerprint density at radius 3 is 1.73 bits per heavy atom. The molecule has 0 bridgehead atoms. The van der Waals surface area contributed by atoms with Gasteiger partial charge < -0.3 is 13.7 Å². The normalized spacial score (nSPS) is 10.9. The zero-order valence-electron chi connectivity index (χ0n) is 22.7. The van der Waals surface area contributed by atoms with E-state index in [0.717, 1.165) is 33.7 Å². The molecule has 196 valence electrons. The van der Waals surface area contributed by atoms with Crippen molar-refractivity contribution in [1.82, 2.24) is 14.8 Å². The zero-order valence-corrected chi connectivity index (χ0v) is 22.7. The van der Waals surface area contributed by atoms with Crippen molar-refractivity contribution in [1.29, 1.82) is 0 Å². The van der Waals surface area contributed by atoms with Gasteiger partial charge in [-0.15, -0.1) is 10.2 Å². The maximum Gasteiger partial charge on any atom is 0.248 e. The third-order valence-corrected chi connectivity index (χ3v) is 6.87. The summed E-state index contributed by atoms with van der Waals surface area (Å²) in [5.74, 6) is 1.67. The molecule has 0 amide bonds. The van der Waals surface area contributed by atoms with E-state index in [4.69, 9.17) is 9.15 Å². The first-order valence-corrected chi connectivity index (χ1v) is 13.5. The van der Waals surface area contributed by atoms with Crippen molar-refractivity contribution in [2.45, 2.75) is 13.8 Å². The van der Waals surface area contributed by atoms with Gasteiger partial charge in [0.15, 0.2) is 0 Å². The van der Waals surface area contributed by atoms with Crippen LogP contribution in [0.3, 0.4) is 0 Å². The highest BCUT2D eigenvalue weighted by atomic mass is 16.5. The van der Waals surface area contributed by atoms with E-state index in [1.165, 1.54) is 21.8 Å². The molecular formula is C35H29N3O2. The maximum atomic E-state index is 6.04. The second kappa shape index (κ2) is 10.9. The van der Waals surface area contributed by atoms with Crippen LogP contribution in [0.1, 0.15) is 13.8 Å². The molecule has 0 unspecified atom stereocenters. The molecule has 0 atom stereocenters. The van der Waals surface area contributed by atoms with E-state index in [0.29, 0.717) is 11.8 Å². The number of ether oxygens (including phenoxy) is 1. The van der Waals surface area contributed by atoms with Crippen molar-refractivity contribution in [2.75, 3.05) is 7.11 Å². The van der Waals surface area contributed by atoms with Gasteiger partial charge in [0.1, 0.15) is 5.75 Å². The minimum absolute atomic E-state index is 0.456. The monoisotopic (exact) mass is 523 g/mol. The van der Waals surface area contributed by atoms with Gasteiger partial charge >= 0.3 is 0 Å². The van der Waals surface area contributed by atoms with Gasteiger partial charge in [-0.05, 0) is 65.7 Å². The van der Waals surface area contributed by atoms with Gasteiger partial charge in [0.25, 0.3) is 0 Å². The number of benzene rings is 5. The minimum Gasteiger partial charge on any atom is -0.497 e. The Morgan fingerprint density at radius 2 is 1.07 bits per heavy atom. The van der Waals surface area contributed by atoms with Gasteiger partial charge in [-0.1, -0.05) is 80.6 Å². The zero-order chi connectivity index (χ0) is 27.5. The first-order valence-electron chi connectivity index (χ1n) is 13.5. The lowest BCUT2D eigenvalue weighted by Gasteiger charge is -2.10. The Morgan fingerprint density at radius 1 is 0.550 bits per heavy atom. The van der Waals surface area contributed by atoms with Gasteiger partial charge in [0.05, 0.1) is 18.1 Å². The lowest BCUT2D eigenvalue weighted by Crippen LogP contribution is -1.94. The van der Waals surface area contributed by atoms with E-state index in [1.807, 2.05) is 50.2 Å². The smallest absolute Gasteiger partial charge is 0.248 e. The number of rotatable bonds is 5. The largest absolute Gasteiger partial charge is 0.497 e. The Hall–Kier alpha value is -5.16. The highest BCUT2D eigenvalue weighted by molar-refractivity contribution is 6.09. The molecular weight excluding hydrogens is 494 g/mol. The molecule has 2 aromatic heterocycles. The number of para-hydroxylation sites is 2. The fourth-order valence-corrected chi connectivity index (χ4v) is 5.07. The maximum absolute atomic E-state index is 6.04. The van der Waals surface area contributed by atoms with Gasteiger partial charge in [0, 0.05) is 27.6 Å². The molecule has 0 saturated heterocycles. The molecule has 0 radical (unpaired) electrons. The summed E-state index contributed by atoms with van der Waals surface area (Å²) >= 11 is 0. The number of hydrogen-bond acceptors (Lipinski definition) is 4. The Bertz CT molecular complexity index is 1880. The van der Waals surface area contributed by atoms with Crippen molar-refractivity contribution >= 4 is 21.8 Å². The van der Waals surface area contributed by atoms with Gasteiger partial charge in [-0.25, -0.2) is 0 Å². The summed E-state index contributed by atoms with van der Waals surface area (Å²) in [6.45, 7) is 4.00. The first-order chi connectivity index (χ1) is 19.8. The van der Waals surface area contributed by atoms with Crippen LogP contribution in [-0.4, -0.2) is 21.9 Å². The summed E-state index contributed by atoms with van der Waals surface area (Å²) in [7, 11) is 1.64. The number of hydrogen-bond donors (Lipinski definition) is 0. The van der Waals surface area contributed by atoms with Crippen LogP contribution in [0.25, 0.3) is 61.5 Å². The second-order valence-corrected chi connectivity index (χ2v) is 9.15. The summed E-state index contributed by atoms with van der Waals surface area (Å²) in [4.78, 5) is 0. The Labute approximate surface area is 233 Å². The highest BCUT2D eigenvalue weighted by Crippen LogP contribution is 2.34. The van der Waals surface area contributed by atoms with Gasteiger partial charge in [0.2, 0.25) is 11.8 Å². The quantitative estimate of drug-likeness (QED) is 0.226. The third kappa shape index (κ3) is 4.52. The van der Waals surface area contributed by atoms with Crippen molar-refractivity contribution in [3.8, 4) is 45.5 Å². The minimum atomic E-state index is 0.456. The molecule has 0 spiro atoms. The number of fused-ring (bicyclic) bond motifs is 3. The Kier molecular flexibility index (Phi) is 6.86. The average Bonchev–Trinajstić information content (AvgIpc) is 3.66. The van der Waals surface area contributed by atoms with Crippen LogP contribution in [0.5, 0.6) is 5.75 Å². The summed E-state index contributed by atoms with van der Waals surface area (Å²) in [5.41, 5.74) is 7.36. The lowest BCUT2D eigenvalue weighted by molar-refractivity contribution is 0.415. The van der Waals surface area contributed by atoms with Gasteiger partial charge in [-0.3, -0.25) is 0 Å². The van der Waals surface area contributed by atoms with Crippen molar-refractivity contribution in [3.05, 3.63) is 121 Å². The predicted molar refractivity (Wildman–Crippen MR) is 163 cm³/mol. The van der Waals surface area contributed by atoms with Crippen LogP contribution >= 0.6 is 0 Å². The molecule has 5 nitrogen and oxygen atoms in total. The number of nitrogens with zero attached hydrogens (tertiary/aromatic N) is 3. The second-order valence-electron chi connectivity index (χ2n) is 9.15. The molecule has 0 aliphatic rings. The van der Waals surface area contributed by atoms with Crippen molar-refractivity contribution in [3.63, 3.8) is 0 Å². The molecule has 5 aromatic carbocycles. The van der Waals surface area contributed by atoms with Crippen LogP contribution in [0.15, 0.2) is 126 Å². The van der Waals surface area contributed by atoms with Crippen LogP contribution in [0, 0.1) is 0 Å². The molecule has 5 heteroatoms. The van der Waals surface area contributed by atoms with Crippen LogP contribution in [-0.2, 0) is 0 Å². The fraction of sp³-hybridized carbons (Fsp3) is 0.0857. The van der Waals surface area contributed by atoms with Crippen molar-refractivity contribution in [2.24, 2.45) is 0 Å². The van der Waals surface area contributed by atoms with Crippen LogP contribution in [0.2, 0.25) is 0 Å². The van der Waals surface area contributed by atoms with Crippen LogP contribution < -0.4 is 4.74 Å². The topological polar surface area (TPSA) is 53.1 Å². The molecule has 0 saturated carbocycles. The third-order valence-electron chi connectivity index (χ3n) is 6.87. The standard InChI is InChI=1S/C33H23N3O2.C2H6/c1-37-27-14-8-12-25(21-27)33-35-34-32(38-33)24-11-6-9-22(19-24)23-10-7-13-26(20-23)36-30-17-4-2-15-28(30)29-16-3-5-18-31(29)36;1-2/h2-21H,1H3;1-2H3. The average molecular weight is 524 g/mol. The van der Waals surface area contributed by atoms with Crippen LogP contribution in [0.4, 0.5) is 0 Å². The number of methoxy groups -OCH3 is 1. The molecule has 7 rings (SSSR count). The van der Waals surface area contributed by atoms with Crippen molar-refractivity contribution < 1.29 is 9.15 Å². The Balaban J connectivity index is 0.00000142. The van der Waals surface area contributed by atoms with E-state index in [1.54, 1.807) is 7.11 Å². The molecule has 2 heterocycles. The SMILES string of the molecule is CC.COc1cccc(-c2nnc(-c3cccc(-c4cccc(-n5c6ccccc6c6ccccc65)c4)c3)o2)c1. The summed E-state index contributed by atoms with van der Waals surface area (Å²) in [5, 5.41) is 11.1. The molecule has 40 heavy (non-hydrogen) atoms. The molecule has 0 aliphatic heterocycles. The van der Waals surface area contributed by atoms with E-state index >= 15 is 0 Å². The number of aromatic nitrogens is 3. The molecule has 0 N–H and O–H groups in total. The van der Waals surface area contributed by atoms with E-state index in [2.05, 4.69) is 99.7 Å². The van der Waals surface area contributed by atoms with E-state index in [-0.39, 0.29) is 0 Å². The predicted octanol–water partition coefficient (Wildman–Crippen LogP) is 9.20. The fourth-order valence-electron chi connectivity index (χ4n) is 5.07.